The lowest BCUT2D eigenvalue weighted by molar-refractivity contribution is -0.191. The molecule has 0 spiro atoms. The highest BCUT2D eigenvalue weighted by atomic mass is 19.4. The van der Waals surface area contributed by atoms with E-state index in [2.05, 4.69) is 11.9 Å². The Morgan fingerprint density at radius 1 is 1.39 bits per heavy atom. The summed E-state index contributed by atoms with van der Waals surface area (Å²) < 4.78 is 55.3. The summed E-state index contributed by atoms with van der Waals surface area (Å²) in [5.74, 6) is -1.81. The third-order valence-corrected chi connectivity index (χ3v) is 4.01. The number of amides is 1. The lowest BCUT2D eigenvalue weighted by atomic mass is 9.85. The fourth-order valence-corrected chi connectivity index (χ4v) is 2.88. The quantitative estimate of drug-likeness (QED) is 0.646. The highest BCUT2D eigenvalue weighted by molar-refractivity contribution is 6.07. The first-order valence-corrected chi connectivity index (χ1v) is 7.34. The van der Waals surface area contributed by atoms with Gasteiger partial charge in [0.2, 0.25) is 5.54 Å². The number of hydrogen-bond acceptors (Lipinski definition) is 2. The van der Waals surface area contributed by atoms with Gasteiger partial charge in [0.1, 0.15) is 5.82 Å². The normalized spacial score (nSPS) is 20.9. The van der Waals surface area contributed by atoms with Gasteiger partial charge in [0.15, 0.2) is 0 Å². The van der Waals surface area contributed by atoms with Crippen molar-refractivity contribution >= 4 is 17.3 Å². The van der Waals surface area contributed by atoms with Crippen LogP contribution in [-0.4, -0.2) is 24.2 Å². The average molecular weight is 330 g/mol. The topological polar surface area (TPSA) is 32.3 Å². The Bertz CT molecular complexity index is 615. The highest BCUT2D eigenvalue weighted by Gasteiger charge is 2.65. The summed E-state index contributed by atoms with van der Waals surface area (Å²) in [4.78, 5) is 13.3. The van der Waals surface area contributed by atoms with Crippen LogP contribution >= 0.6 is 0 Å². The maximum absolute atomic E-state index is 13.9. The van der Waals surface area contributed by atoms with Crippen molar-refractivity contribution in [1.82, 2.24) is 0 Å². The Morgan fingerprint density at radius 3 is 2.65 bits per heavy atom. The number of nitrogens with one attached hydrogen (secondary N) is 1. The molecule has 0 bridgehead atoms. The van der Waals surface area contributed by atoms with Crippen LogP contribution in [0, 0.1) is 5.82 Å². The Balaban J connectivity index is 2.67. The second kappa shape index (κ2) is 6.22. The van der Waals surface area contributed by atoms with E-state index in [1.54, 1.807) is 6.92 Å². The van der Waals surface area contributed by atoms with Gasteiger partial charge in [0, 0.05) is 6.54 Å². The van der Waals surface area contributed by atoms with Crippen LogP contribution in [0.3, 0.4) is 0 Å². The maximum Gasteiger partial charge on any atom is 0.420 e. The molecule has 1 aromatic carbocycles. The zero-order chi connectivity index (χ0) is 17.3. The van der Waals surface area contributed by atoms with Gasteiger partial charge in [-0.25, -0.2) is 4.39 Å². The minimum absolute atomic E-state index is 0.0120. The molecular weight excluding hydrogens is 312 g/mol. The summed E-state index contributed by atoms with van der Waals surface area (Å²) in [5, 5.41) is 2.28. The van der Waals surface area contributed by atoms with E-state index in [0.717, 1.165) is 17.0 Å². The number of unbranched alkanes of at least 4 members (excludes halogenated alkanes) is 1. The summed E-state index contributed by atoms with van der Waals surface area (Å²) in [7, 11) is 0. The Labute approximate surface area is 132 Å². The van der Waals surface area contributed by atoms with Gasteiger partial charge >= 0.3 is 6.18 Å². The minimum atomic E-state index is -4.81. The standard InChI is InChI=1S/C16H18F4N2O/c1-3-5-8-15(16(18,19)20)14(23)21-12-7-6-11(17)10-13(12)22(15)9-4-2/h4,6-7,10H,2-3,5,8-9H2,1H3,(H,21,23). The van der Waals surface area contributed by atoms with Crippen LogP contribution in [0.5, 0.6) is 0 Å². The number of fused-ring (bicyclic) bond motifs is 1. The van der Waals surface area contributed by atoms with Gasteiger partial charge in [-0.1, -0.05) is 25.8 Å². The third-order valence-electron chi connectivity index (χ3n) is 4.01. The van der Waals surface area contributed by atoms with E-state index in [-0.39, 0.29) is 24.3 Å². The zero-order valence-electron chi connectivity index (χ0n) is 12.7. The van der Waals surface area contributed by atoms with Crippen LogP contribution in [0.15, 0.2) is 30.9 Å². The van der Waals surface area contributed by atoms with Crippen molar-refractivity contribution in [3.8, 4) is 0 Å². The van der Waals surface area contributed by atoms with Gasteiger partial charge in [0.05, 0.1) is 11.4 Å². The van der Waals surface area contributed by atoms with Crippen molar-refractivity contribution in [2.45, 2.75) is 37.9 Å². The number of halogens is 4. The van der Waals surface area contributed by atoms with Gasteiger partial charge in [-0.3, -0.25) is 4.79 Å². The average Bonchev–Trinajstić information content (AvgIpc) is 2.46. The first-order chi connectivity index (χ1) is 10.8. The monoisotopic (exact) mass is 330 g/mol. The number of anilines is 2. The fourth-order valence-electron chi connectivity index (χ4n) is 2.88. The smallest absolute Gasteiger partial charge is 0.344 e. The maximum atomic E-state index is 13.9. The molecule has 1 atom stereocenters. The Kier molecular flexibility index (Phi) is 4.68. The predicted octanol–water partition coefficient (Wildman–Crippen LogP) is 4.26. The van der Waals surface area contributed by atoms with E-state index in [1.165, 1.54) is 12.1 Å². The number of nitrogens with zero attached hydrogens (tertiary/aromatic N) is 1. The van der Waals surface area contributed by atoms with Crippen molar-refractivity contribution in [1.29, 1.82) is 0 Å². The van der Waals surface area contributed by atoms with E-state index < -0.39 is 29.9 Å². The molecule has 0 fully saturated rings. The fraction of sp³-hybridized carbons (Fsp3) is 0.438. The molecule has 0 saturated heterocycles. The lowest BCUT2D eigenvalue weighted by Gasteiger charge is -2.48. The summed E-state index contributed by atoms with van der Waals surface area (Å²) in [6, 6.07) is 3.36. The highest BCUT2D eigenvalue weighted by Crippen LogP contribution is 2.47. The summed E-state index contributed by atoms with van der Waals surface area (Å²) in [6.45, 7) is 5.00. The Hall–Kier alpha value is -2.05. The van der Waals surface area contributed by atoms with Crippen LogP contribution in [0.2, 0.25) is 0 Å². The molecule has 0 saturated carbocycles. The summed E-state index contributed by atoms with van der Waals surface area (Å²) in [5.41, 5.74) is -2.55. The number of carbonyl (C=O) groups excluding carboxylic acids is 1. The SMILES string of the molecule is C=CCN1c2cc(F)ccc2NC(=O)C1(CCCC)C(F)(F)F. The molecule has 1 aromatic rings. The second-order valence-corrected chi connectivity index (χ2v) is 5.48. The molecule has 1 aliphatic rings. The zero-order valence-corrected chi connectivity index (χ0v) is 12.7. The molecule has 1 unspecified atom stereocenters. The lowest BCUT2D eigenvalue weighted by Crippen LogP contribution is -2.68. The van der Waals surface area contributed by atoms with E-state index >= 15 is 0 Å². The molecule has 1 amide bonds. The summed E-state index contributed by atoms with van der Waals surface area (Å²) in [6.07, 6.45) is -3.21. The van der Waals surface area contributed by atoms with Crippen molar-refractivity contribution < 1.29 is 22.4 Å². The van der Waals surface area contributed by atoms with Crippen LogP contribution in [-0.2, 0) is 4.79 Å². The molecule has 3 nitrogen and oxygen atoms in total. The van der Waals surface area contributed by atoms with Crippen molar-refractivity contribution in [3.05, 3.63) is 36.7 Å². The second-order valence-electron chi connectivity index (χ2n) is 5.48. The molecule has 1 N–H and O–H groups in total. The first kappa shape index (κ1) is 17.3. The number of carbonyl (C=O) groups is 1. The minimum Gasteiger partial charge on any atom is -0.344 e. The molecule has 126 valence electrons. The predicted molar refractivity (Wildman–Crippen MR) is 80.9 cm³/mol. The largest absolute Gasteiger partial charge is 0.420 e. The van der Waals surface area contributed by atoms with Gasteiger partial charge in [0.25, 0.3) is 5.91 Å². The number of hydrogen-bond donors (Lipinski definition) is 1. The van der Waals surface area contributed by atoms with Crippen LogP contribution in [0.4, 0.5) is 28.9 Å². The van der Waals surface area contributed by atoms with E-state index in [1.807, 2.05) is 0 Å². The molecule has 1 heterocycles. The first-order valence-electron chi connectivity index (χ1n) is 7.34. The van der Waals surface area contributed by atoms with Crippen molar-refractivity contribution in [2.24, 2.45) is 0 Å². The van der Waals surface area contributed by atoms with Crippen LogP contribution < -0.4 is 10.2 Å². The number of alkyl halides is 3. The Morgan fingerprint density at radius 2 is 2.09 bits per heavy atom. The number of rotatable bonds is 5. The molecule has 1 aliphatic heterocycles. The van der Waals surface area contributed by atoms with E-state index in [0.29, 0.717) is 6.42 Å². The van der Waals surface area contributed by atoms with Gasteiger partial charge in [-0.05, 0) is 24.6 Å². The van der Waals surface area contributed by atoms with Gasteiger partial charge in [-0.2, -0.15) is 13.2 Å². The van der Waals surface area contributed by atoms with Crippen LogP contribution in [0.25, 0.3) is 0 Å². The molecule has 0 radical (unpaired) electrons. The van der Waals surface area contributed by atoms with Crippen molar-refractivity contribution in [3.63, 3.8) is 0 Å². The molecule has 2 rings (SSSR count). The molecular formula is C16H18F4N2O. The molecule has 7 heteroatoms. The van der Waals surface area contributed by atoms with E-state index in [4.69, 9.17) is 0 Å². The van der Waals surface area contributed by atoms with Gasteiger partial charge in [-0.15, -0.1) is 6.58 Å². The summed E-state index contributed by atoms with van der Waals surface area (Å²) >= 11 is 0. The molecule has 23 heavy (non-hydrogen) atoms. The van der Waals surface area contributed by atoms with E-state index in [9.17, 15) is 22.4 Å². The van der Waals surface area contributed by atoms with Crippen LogP contribution in [0.1, 0.15) is 26.2 Å². The molecule has 0 aromatic heterocycles. The van der Waals surface area contributed by atoms with Gasteiger partial charge < -0.3 is 10.2 Å². The molecule has 0 aliphatic carbocycles. The van der Waals surface area contributed by atoms with Crippen molar-refractivity contribution in [2.75, 3.05) is 16.8 Å². The number of benzene rings is 1. The third kappa shape index (κ3) is 2.80.